The van der Waals surface area contributed by atoms with Gasteiger partial charge in [0.05, 0.1) is 6.61 Å². The van der Waals surface area contributed by atoms with Gasteiger partial charge in [0.2, 0.25) is 0 Å². The predicted molar refractivity (Wildman–Crippen MR) is 61.7 cm³/mol. The Labute approximate surface area is 92.9 Å². The molecule has 1 rings (SSSR count). The molecule has 0 aliphatic heterocycles. The summed E-state index contributed by atoms with van der Waals surface area (Å²) in [5, 5.41) is 21.9. The van der Waals surface area contributed by atoms with E-state index in [0.717, 1.165) is 25.3 Å². The van der Waals surface area contributed by atoms with Crippen LogP contribution in [0.1, 0.15) is 39.5 Å². The van der Waals surface area contributed by atoms with Crippen LogP contribution in [0.5, 0.6) is 0 Å². The van der Waals surface area contributed by atoms with Crippen LogP contribution in [0.2, 0.25) is 0 Å². The van der Waals surface area contributed by atoms with Crippen LogP contribution in [0.25, 0.3) is 0 Å². The average Bonchev–Trinajstić information content (AvgIpc) is 2.28. The molecule has 1 saturated carbocycles. The third-order valence-corrected chi connectivity index (χ3v) is 3.67. The van der Waals surface area contributed by atoms with Crippen molar-refractivity contribution in [1.29, 1.82) is 0 Å². The Morgan fingerprint density at radius 3 is 2.40 bits per heavy atom. The number of hydrogen-bond donors (Lipinski definition) is 3. The van der Waals surface area contributed by atoms with E-state index in [2.05, 4.69) is 12.2 Å². The first kappa shape index (κ1) is 12.9. The summed E-state index contributed by atoms with van der Waals surface area (Å²) in [5.74, 6) is 1.06. The molecule has 90 valence electrons. The molecule has 0 radical (unpaired) electrons. The van der Waals surface area contributed by atoms with E-state index in [1.807, 2.05) is 6.92 Å². The molecule has 0 amide bonds. The van der Waals surface area contributed by atoms with Gasteiger partial charge < -0.3 is 15.5 Å². The Balaban J connectivity index is 2.39. The molecule has 1 unspecified atom stereocenters. The van der Waals surface area contributed by atoms with Crippen molar-refractivity contribution in [2.24, 2.45) is 11.8 Å². The summed E-state index contributed by atoms with van der Waals surface area (Å²) in [4.78, 5) is 0. The van der Waals surface area contributed by atoms with Gasteiger partial charge in [-0.2, -0.15) is 0 Å². The zero-order valence-corrected chi connectivity index (χ0v) is 10.00. The Morgan fingerprint density at radius 2 is 1.93 bits per heavy atom. The van der Waals surface area contributed by atoms with Crippen molar-refractivity contribution in [1.82, 2.24) is 5.32 Å². The second-order valence-electron chi connectivity index (χ2n) is 5.29. The fraction of sp³-hybridized carbons (Fsp3) is 1.00. The van der Waals surface area contributed by atoms with Gasteiger partial charge in [0.15, 0.2) is 0 Å². The summed E-state index contributed by atoms with van der Waals surface area (Å²) >= 11 is 0. The van der Waals surface area contributed by atoms with Gasteiger partial charge in [-0.15, -0.1) is 0 Å². The van der Waals surface area contributed by atoms with Gasteiger partial charge in [0.25, 0.3) is 0 Å². The molecule has 3 heteroatoms. The normalized spacial score (nSPS) is 34.0. The van der Waals surface area contributed by atoms with Crippen molar-refractivity contribution in [2.45, 2.75) is 45.1 Å². The second kappa shape index (κ2) is 5.83. The van der Waals surface area contributed by atoms with Crippen molar-refractivity contribution in [3.05, 3.63) is 0 Å². The molecule has 1 aliphatic carbocycles. The Hall–Kier alpha value is -0.120. The van der Waals surface area contributed by atoms with E-state index in [1.165, 1.54) is 12.8 Å². The summed E-state index contributed by atoms with van der Waals surface area (Å²) in [6.07, 6.45) is 4.51. The smallest absolute Gasteiger partial charge is 0.0613 e. The lowest BCUT2D eigenvalue weighted by Gasteiger charge is -2.39. The summed E-state index contributed by atoms with van der Waals surface area (Å²) in [6.45, 7) is 5.52. The van der Waals surface area contributed by atoms with Gasteiger partial charge in [0, 0.05) is 18.7 Å². The minimum atomic E-state index is -0.0735. The van der Waals surface area contributed by atoms with Crippen LogP contribution < -0.4 is 5.32 Å². The average molecular weight is 215 g/mol. The van der Waals surface area contributed by atoms with Crippen molar-refractivity contribution >= 4 is 0 Å². The maximum atomic E-state index is 9.49. The Morgan fingerprint density at radius 1 is 1.33 bits per heavy atom. The third-order valence-electron chi connectivity index (χ3n) is 3.67. The summed E-state index contributed by atoms with van der Waals surface area (Å²) in [5.41, 5.74) is -0.0735. The molecular weight excluding hydrogens is 190 g/mol. The molecule has 0 aromatic rings. The third kappa shape index (κ3) is 3.74. The summed E-state index contributed by atoms with van der Waals surface area (Å²) in [7, 11) is 0. The lowest BCUT2D eigenvalue weighted by Crippen LogP contribution is -2.52. The molecule has 1 atom stereocenters. The molecule has 0 bridgehead atoms. The van der Waals surface area contributed by atoms with E-state index < -0.39 is 0 Å². The molecule has 0 aromatic carbocycles. The highest BCUT2D eigenvalue weighted by molar-refractivity contribution is 4.92. The SMILES string of the molecule is CC1CCC(CO)(NCC(C)CO)CC1. The zero-order chi connectivity index (χ0) is 11.3. The lowest BCUT2D eigenvalue weighted by atomic mass is 9.77. The molecule has 0 heterocycles. The number of rotatable bonds is 5. The van der Waals surface area contributed by atoms with Gasteiger partial charge in [-0.05, 0) is 37.5 Å². The van der Waals surface area contributed by atoms with Crippen LogP contribution in [-0.2, 0) is 0 Å². The largest absolute Gasteiger partial charge is 0.396 e. The molecule has 0 aromatic heterocycles. The van der Waals surface area contributed by atoms with E-state index in [1.54, 1.807) is 0 Å². The van der Waals surface area contributed by atoms with Crippen LogP contribution in [-0.4, -0.2) is 35.5 Å². The lowest BCUT2D eigenvalue weighted by molar-refractivity contribution is 0.0974. The van der Waals surface area contributed by atoms with E-state index in [9.17, 15) is 5.11 Å². The molecule has 1 aliphatic rings. The van der Waals surface area contributed by atoms with Crippen LogP contribution in [0.4, 0.5) is 0 Å². The van der Waals surface area contributed by atoms with E-state index in [0.29, 0.717) is 0 Å². The van der Waals surface area contributed by atoms with Gasteiger partial charge in [-0.3, -0.25) is 0 Å². The number of aliphatic hydroxyl groups is 2. The minimum absolute atomic E-state index is 0.0735. The maximum Gasteiger partial charge on any atom is 0.0613 e. The van der Waals surface area contributed by atoms with Crippen molar-refractivity contribution in [3.8, 4) is 0 Å². The van der Waals surface area contributed by atoms with E-state index >= 15 is 0 Å². The Kier molecular flexibility index (Phi) is 5.03. The molecule has 3 N–H and O–H groups in total. The first-order chi connectivity index (χ1) is 7.12. The molecule has 1 fully saturated rings. The van der Waals surface area contributed by atoms with Gasteiger partial charge in [-0.1, -0.05) is 13.8 Å². The first-order valence-corrected chi connectivity index (χ1v) is 6.08. The van der Waals surface area contributed by atoms with Gasteiger partial charge in [0.1, 0.15) is 0 Å². The van der Waals surface area contributed by atoms with E-state index in [-0.39, 0.29) is 24.7 Å². The highest BCUT2D eigenvalue weighted by atomic mass is 16.3. The fourth-order valence-corrected chi connectivity index (χ4v) is 2.16. The highest BCUT2D eigenvalue weighted by Crippen LogP contribution is 2.31. The predicted octanol–water partition coefficient (Wildman–Crippen LogP) is 1.15. The Bertz CT molecular complexity index is 176. The number of hydrogen-bond acceptors (Lipinski definition) is 3. The van der Waals surface area contributed by atoms with Crippen LogP contribution in [0.3, 0.4) is 0 Å². The molecule has 0 saturated heterocycles. The molecule has 15 heavy (non-hydrogen) atoms. The quantitative estimate of drug-likeness (QED) is 0.645. The van der Waals surface area contributed by atoms with Crippen molar-refractivity contribution < 1.29 is 10.2 Å². The molecule has 3 nitrogen and oxygen atoms in total. The number of aliphatic hydroxyl groups excluding tert-OH is 2. The maximum absolute atomic E-state index is 9.49. The van der Waals surface area contributed by atoms with Gasteiger partial charge in [-0.25, -0.2) is 0 Å². The summed E-state index contributed by atoms with van der Waals surface area (Å²) < 4.78 is 0. The molecule has 0 spiro atoms. The second-order valence-corrected chi connectivity index (χ2v) is 5.29. The van der Waals surface area contributed by atoms with E-state index in [4.69, 9.17) is 5.11 Å². The first-order valence-electron chi connectivity index (χ1n) is 6.08. The monoisotopic (exact) mass is 215 g/mol. The van der Waals surface area contributed by atoms with Crippen molar-refractivity contribution in [2.75, 3.05) is 19.8 Å². The summed E-state index contributed by atoms with van der Waals surface area (Å²) in [6, 6.07) is 0. The fourth-order valence-electron chi connectivity index (χ4n) is 2.16. The zero-order valence-electron chi connectivity index (χ0n) is 10.00. The van der Waals surface area contributed by atoms with Crippen molar-refractivity contribution in [3.63, 3.8) is 0 Å². The minimum Gasteiger partial charge on any atom is -0.396 e. The topological polar surface area (TPSA) is 52.5 Å². The van der Waals surface area contributed by atoms with Crippen LogP contribution in [0, 0.1) is 11.8 Å². The molecular formula is C12H25NO2. The highest BCUT2D eigenvalue weighted by Gasteiger charge is 2.33. The standard InChI is InChI=1S/C12H25NO2/c1-10-3-5-12(9-15,6-4-10)13-7-11(2)8-14/h10-11,13-15H,3-9H2,1-2H3. The van der Waals surface area contributed by atoms with Crippen LogP contribution in [0.15, 0.2) is 0 Å². The van der Waals surface area contributed by atoms with Gasteiger partial charge >= 0.3 is 0 Å². The van der Waals surface area contributed by atoms with Crippen LogP contribution >= 0.6 is 0 Å². The number of nitrogens with one attached hydrogen (secondary N) is 1.